The Morgan fingerprint density at radius 2 is 1.80 bits per heavy atom. The number of nitrogens with one attached hydrogen (secondary N) is 1. The van der Waals surface area contributed by atoms with Crippen molar-refractivity contribution < 1.29 is 18.3 Å². The highest BCUT2D eigenvalue weighted by atomic mass is 19.3. The zero-order chi connectivity index (χ0) is 17.7. The van der Waals surface area contributed by atoms with Gasteiger partial charge < -0.3 is 10.1 Å². The van der Waals surface area contributed by atoms with E-state index in [-0.39, 0.29) is 17.1 Å². The third kappa shape index (κ3) is 3.95. The summed E-state index contributed by atoms with van der Waals surface area (Å²) >= 11 is 0. The van der Waals surface area contributed by atoms with Gasteiger partial charge in [0.15, 0.2) is 0 Å². The van der Waals surface area contributed by atoms with Crippen LogP contribution in [-0.4, -0.2) is 16.1 Å². The minimum atomic E-state index is -3.65. The third-order valence-corrected chi connectivity index (χ3v) is 3.28. The molecule has 0 aliphatic rings. The number of anilines is 1. The number of rotatable bonds is 5. The highest BCUT2D eigenvalue weighted by molar-refractivity contribution is 5.96. The first-order valence-corrected chi connectivity index (χ1v) is 7.36. The molecule has 0 unspecified atom stereocenters. The van der Waals surface area contributed by atoms with Crippen LogP contribution in [0.25, 0.3) is 0 Å². The quantitative estimate of drug-likeness (QED) is 0.762. The number of benzene rings is 2. The second kappa shape index (κ2) is 7.04. The molecule has 0 bridgehead atoms. The molecule has 5 nitrogen and oxygen atoms in total. The minimum absolute atomic E-state index is 0.182. The Labute approximate surface area is 142 Å². The average Bonchev–Trinajstić information content (AvgIpc) is 2.63. The number of ether oxygens (including phenoxy) is 1. The van der Waals surface area contributed by atoms with Crippen LogP contribution in [0.1, 0.15) is 5.56 Å². The molecule has 0 saturated carbocycles. The molecule has 0 saturated heterocycles. The van der Waals surface area contributed by atoms with E-state index in [1.807, 2.05) is 0 Å². The fraction of sp³-hybridized carbons (Fsp3) is 0.0556. The molecule has 25 heavy (non-hydrogen) atoms. The Kier molecular flexibility index (Phi) is 4.65. The summed E-state index contributed by atoms with van der Waals surface area (Å²) in [4.78, 5) is 12.0. The van der Waals surface area contributed by atoms with Crippen molar-refractivity contribution in [1.82, 2.24) is 10.2 Å². The van der Waals surface area contributed by atoms with E-state index < -0.39 is 11.8 Å². The Morgan fingerprint density at radius 1 is 1.00 bits per heavy atom. The summed E-state index contributed by atoms with van der Waals surface area (Å²) in [6, 6.07) is 16.2. The molecule has 0 fully saturated rings. The lowest BCUT2D eigenvalue weighted by Crippen LogP contribution is -2.32. The Hall–Kier alpha value is -3.35. The van der Waals surface area contributed by atoms with Gasteiger partial charge in [0.2, 0.25) is 5.88 Å². The maximum Gasteiger partial charge on any atom is 0.350 e. The first kappa shape index (κ1) is 16.5. The number of carbonyl (C=O) groups excluding carboxylic acids is 1. The molecule has 3 aromatic rings. The van der Waals surface area contributed by atoms with Gasteiger partial charge in [0, 0.05) is 29.6 Å². The molecular formula is C18H13F2N3O2. The second-order valence-corrected chi connectivity index (χ2v) is 5.09. The molecule has 0 spiro atoms. The molecule has 7 heteroatoms. The van der Waals surface area contributed by atoms with Crippen LogP contribution in [0.2, 0.25) is 0 Å². The summed E-state index contributed by atoms with van der Waals surface area (Å²) in [5, 5.41) is 9.64. The van der Waals surface area contributed by atoms with E-state index in [0.717, 1.165) is 0 Å². The van der Waals surface area contributed by atoms with Crippen molar-refractivity contribution >= 4 is 11.6 Å². The number of hydrogen-bond donors (Lipinski definition) is 1. The number of halogens is 2. The van der Waals surface area contributed by atoms with E-state index in [0.29, 0.717) is 5.75 Å². The topological polar surface area (TPSA) is 64.1 Å². The smallest absolute Gasteiger partial charge is 0.350 e. The number of alkyl halides is 2. The first-order valence-electron chi connectivity index (χ1n) is 7.36. The van der Waals surface area contributed by atoms with Crippen LogP contribution < -0.4 is 10.1 Å². The molecule has 0 aliphatic carbocycles. The summed E-state index contributed by atoms with van der Waals surface area (Å²) in [6.07, 6.45) is 1.50. The van der Waals surface area contributed by atoms with Gasteiger partial charge in [0.1, 0.15) is 5.75 Å². The van der Waals surface area contributed by atoms with Gasteiger partial charge in [-0.1, -0.05) is 36.4 Å². The predicted octanol–water partition coefficient (Wildman–Crippen LogP) is 4.00. The number of aromatic nitrogens is 2. The molecule has 0 atom stereocenters. The minimum Gasteiger partial charge on any atom is -0.437 e. The monoisotopic (exact) mass is 341 g/mol. The second-order valence-electron chi connectivity index (χ2n) is 5.09. The molecule has 1 amide bonds. The van der Waals surface area contributed by atoms with E-state index in [1.165, 1.54) is 42.6 Å². The van der Waals surface area contributed by atoms with Crippen LogP contribution >= 0.6 is 0 Å². The number of hydrogen-bond acceptors (Lipinski definition) is 4. The highest BCUT2D eigenvalue weighted by Gasteiger charge is 2.40. The first-order chi connectivity index (χ1) is 12.1. The van der Waals surface area contributed by atoms with Gasteiger partial charge in [0.25, 0.3) is 5.91 Å². The van der Waals surface area contributed by atoms with E-state index in [1.54, 1.807) is 30.3 Å². The van der Waals surface area contributed by atoms with E-state index in [2.05, 4.69) is 15.5 Å². The third-order valence-electron chi connectivity index (χ3n) is 3.28. The van der Waals surface area contributed by atoms with E-state index in [4.69, 9.17) is 4.74 Å². The SMILES string of the molecule is O=C(Nc1cccc(Oc2cccnn2)c1)C(F)(F)c1ccccc1. The van der Waals surface area contributed by atoms with Crippen LogP contribution in [0, 0.1) is 0 Å². The van der Waals surface area contributed by atoms with Crippen molar-refractivity contribution in [2.24, 2.45) is 0 Å². The summed E-state index contributed by atoms with van der Waals surface area (Å²) in [6.45, 7) is 0. The van der Waals surface area contributed by atoms with E-state index in [9.17, 15) is 13.6 Å². The molecule has 1 aromatic heterocycles. The number of amides is 1. The molecule has 1 heterocycles. The van der Waals surface area contributed by atoms with E-state index >= 15 is 0 Å². The van der Waals surface area contributed by atoms with Crippen molar-refractivity contribution in [3.05, 3.63) is 78.5 Å². The molecule has 1 N–H and O–H groups in total. The maximum absolute atomic E-state index is 14.2. The number of carbonyl (C=O) groups is 1. The Bertz CT molecular complexity index is 858. The van der Waals surface area contributed by atoms with Gasteiger partial charge in [-0.25, -0.2) is 0 Å². The van der Waals surface area contributed by atoms with Crippen molar-refractivity contribution in [1.29, 1.82) is 0 Å². The molecule has 3 rings (SSSR count). The lowest BCUT2D eigenvalue weighted by Gasteiger charge is -2.16. The number of nitrogens with zero attached hydrogens (tertiary/aromatic N) is 2. The van der Waals surface area contributed by atoms with Gasteiger partial charge in [-0.3, -0.25) is 4.79 Å². The largest absolute Gasteiger partial charge is 0.437 e. The van der Waals surface area contributed by atoms with Crippen molar-refractivity contribution in [2.75, 3.05) is 5.32 Å². The van der Waals surface area contributed by atoms with Crippen molar-refractivity contribution in [2.45, 2.75) is 5.92 Å². The van der Waals surface area contributed by atoms with Crippen LogP contribution in [0.4, 0.5) is 14.5 Å². The van der Waals surface area contributed by atoms with Gasteiger partial charge in [-0.05, 0) is 18.2 Å². The van der Waals surface area contributed by atoms with Crippen LogP contribution in [0.5, 0.6) is 11.6 Å². The lowest BCUT2D eigenvalue weighted by molar-refractivity contribution is -0.140. The Balaban J connectivity index is 1.74. The van der Waals surface area contributed by atoms with Gasteiger partial charge >= 0.3 is 5.92 Å². The molecule has 2 aromatic carbocycles. The fourth-order valence-corrected chi connectivity index (χ4v) is 2.09. The summed E-state index contributed by atoms with van der Waals surface area (Å²) in [5.41, 5.74) is -0.193. The van der Waals surface area contributed by atoms with Crippen LogP contribution in [0.15, 0.2) is 72.9 Å². The zero-order valence-corrected chi connectivity index (χ0v) is 12.9. The summed E-state index contributed by atoms with van der Waals surface area (Å²) < 4.78 is 33.9. The highest BCUT2D eigenvalue weighted by Crippen LogP contribution is 2.30. The molecule has 0 radical (unpaired) electrons. The summed E-state index contributed by atoms with van der Waals surface area (Å²) in [5.74, 6) is -4.49. The fourth-order valence-electron chi connectivity index (χ4n) is 2.09. The zero-order valence-electron chi connectivity index (χ0n) is 12.9. The Morgan fingerprint density at radius 3 is 2.52 bits per heavy atom. The molecule has 126 valence electrons. The predicted molar refractivity (Wildman–Crippen MR) is 87.5 cm³/mol. The van der Waals surface area contributed by atoms with Crippen LogP contribution in [0.3, 0.4) is 0 Å². The van der Waals surface area contributed by atoms with Crippen molar-refractivity contribution in [3.63, 3.8) is 0 Å². The normalized spacial score (nSPS) is 11.0. The van der Waals surface area contributed by atoms with Crippen molar-refractivity contribution in [3.8, 4) is 11.6 Å². The lowest BCUT2D eigenvalue weighted by atomic mass is 10.1. The summed E-state index contributed by atoms with van der Waals surface area (Å²) in [7, 11) is 0. The van der Waals surface area contributed by atoms with Gasteiger partial charge in [0.05, 0.1) is 0 Å². The maximum atomic E-state index is 14.2. The van der Waals surface area contributed by atoms with Gasteiger partial charge in [-0.15, -0.1) is 5.10 Å². The molecule has 0 aliphatic heterocycles. The standard InChI is InChI=1S/C18H13F2N3O2/c19-18(20,13-6-2-1-3-7-13)17(24)22-14-8-4-9-15(12-14)25-16-10-5-11-21-23-16/h1-12H,(H,22,24). The average molecular weight is 341 g/mol. The molecular weight excluding hydrogens is 328 g/mol. The van der Waals surface area contributed by atoms with Gasteiger partial charge in [-0.2, -0.15) is 13.9 Å². The van der Waals surface area contributed by atoms with Crippen LogP contribution in [-0.2, 0) is 10.7 Å².